The van der Waals surface area contributed by atoms with Crippen molar-refractivity contribution in [2.75, 3.05) is 0 Å². The summed E-state index contributed by atoms with van der Waals surface area (Å²) < 4.78 is 0. The van der Waals surface area contributed by atoms with Crippen molar-refractivity contribution in [3.63, 3.8) is 0 Å². The highest BCUT2D eigenvalue weighted by atomic mass is 32.1. The van der Waals surface area contributed by atoms with Gasteiger partial charge in [0, 0.05) is 21.8 Å². The normalized spacial score (nSPS) is 28.9. The Morgan fingerprint density at radius 3 is 2.74 bits per heavy atom. The van der Waals surface area contributed by atoms with E-state index in [1.165, 1.54) is 51.4 Å². The van der Waals surface area contributed by atoms with Gasteiger partial charge in [-0.05, 0) is 63.0 Å². The van der Waals surface area contributed by atoms with E-state index in [1.807, 2.05) is 0 Å². The number of aryl methyl sites for hydroxylation is 2. The van der Waals surface area contributed by atoms with Crippen molar-refractivity contribution in [1.82, 2.24) is 5.32 Å². The van der Waals surface area contributed by atoms with Crippen molar-refractivity contribution in [1.29, 1.82) is 0 Å². The number of rotatable bonds is 3. The standard InChI is InChI=1S/C17H27NS/c1-12-7-3-5-9-15(12)18-13(2)17-11-14-8-4-6-10-16(14)19-17/h11-13,15,18H,3-10H2,1-2H3. The lowest BCUT2D eigenvalue weighted by Gasteiger charge is -2.32. The van der Waals surface area contributed by atoms with Crippen LogP contribution < -0.4 is 5.32 Å². The molecule has 2 heteroatoms. The molecule has 0 amide bonds. The fraction of sp³-hybridized carbons (Fsp3) is 0.765. The van der Waals surface area contributed by atoms with Crippen LogP contribution in [-0.4, -0.2) is 6.04 Å². The van der Waals surface area contributed by atoms with E-state index in [9.17, 15) is 0 Å². The van der Waals surface area contributed by atoms with Gasteiger partial charge in [0.05, 0.1) is 0 Å². The summed E-state index contributed by atoms with van der Waals surface area (Å²) in [6.45, 7) is 4.78. The first-order chi connectivity index (χ1) is 9.24. The highest BCUT2D eigenvalue weighted by Crippen LogP contribution is 2.34. The van der Waals surface area contributed by atoms with Gasteiger partial charge in [-0.25, -0.2) is 0 Å². The summed E-state index contributed by atoms with van der Waals surface area (Å²) in [4.78, 5) is 3.25. The molecule has 0 saturated heterocycles. The first-order valence-corrected chi connectivity index (χ1v) is 8.93. The van der Waals surface area contributed by atoms with Gasteiger partial charge in [0.15, 0.2) is 0 Å². The number of hydrogen-bond acceptors (Lipinski definition) is 2. The van der Waals surface area contributed by atoms with Gasteiger partial charge < -0.3 is 5.32 Å². The SMILES string of the molecule is CC(NC1CCCCC1C)c1cc2c(s1)CCCC2. The molecule has 1 aromatic heterocycles. The molecule has 0 aromatic carbocycles. The Hall–Kier alpha value is -0.340. The Balaban J connectivity index is 1.66. The second-order valence-corrected chi connectivity index (χ2v) is 7.73. The molecule has 1 nitrogen and oxygen atoms in total. The molecule has 1 aromatic rings. The Morgan fingerprint density at radius 2 is 1.95 bits per heavy atom. The van der Waals surface area contributed by atoms with Crippen LogP contribution in [0.1, 0.15) is 73.7 Å². The van der Waals surface area contributed by atoms with Crippen molar-refractivity contribution < 1.29 is 0 Å². The maximum absolute atomic E-state index is 3.90. The molecule has 1 fully saturated rings. The average molecular weight is 277 g/mol. The molecule has 3 atom stereocenters. The van der Waals surface area contributed by atoms with Crippen LogP contribution in [0.5, 0.6) is 0 Å². The maximum atomic E-state index is 3.90. The quantitative estimate of drug-likeness (QED) is 0.832. The summed E-state index contributed by atoms with van der Waals surface area (Å²) in [5.74, 6) is 0.853. The third kappa shape index (κ3) is 3.05. The summed E-state index contributed by atoms with van der Waals surface area (Å²) in [5, 5.41) is 3.90. The molecule has 0 aliphatic heterocycles. The molecule has 1 saturated carbocycles. The fourth-order valence-electron chi connectivity index (χ4n) is 3.69. The number of thiophene rings is 1. The van der Waals surface area contributed by atoms with E-state index < -0.39 is 0 Å². The van der Waals surface area contributed by atoms with Crippen molar-refractivity contribution in [3.05, 3.63) is 21.4 Å². The zero-order chi connectivity index (χ0) is 13.2. The first kappa shape index (κ1) is 13.6. The predicted octanol–water partition coefficient (Wildman–Crippen LogP) is 4.86. The minimum absolute atomic E-state index is 0.543. The van der Waals surface area contributed by atoms with Crippen LogP contribution in [0.3, 0.4) is 0 Å². The Labute approximate surface area is 121 Å². The van der Waals surface area contributed by atoms with Crippen LogP contribution >= 0.6 is 11.3 Å². The van der Waals surface area contributed by atoms with Crippen molar-refractivity contribution >= 4 is 11.3 Å². The largest absolute Gasteiger partial charge is 0.306 e. The van der Waals surface area contributed by atoms with E-state index in [-0.39, 0.29) is 0 Å². The lowest BCUT2D eigenvalue weighted by molar-refractivity contribution is 0.264. The fourth-order valence-corrected chi connectivity index (χ4v) is 4.96. The van der Waals surface area contributed by atoms with Crippen molar-refractivity contribution in [2.45, 2.75) is 77.3 Å². The molecule has 19 heavy (non-hydrogen) atoms. The van der Waals surface area contributed by atoms with Crippen LogP contribution in [-0.2, 0) is 12.8 Å². The molecule has 1 N–H and O–H groups in total. The smallest absolute Gasteiger partial charge is 0.0388 e. The summed E-state index contributed by atoms with van der Waals surface area (Å²) >= 11 is 2.07. The van der Waals surface area contributed by atoms with Crippen LogP contribution in [0.15, 0.2) is 6.07 Å². The van der Waals surface area contributed by atoms with Crippen LogP contribution in [0.2, 0.25) is 0 Å². The lowest BCUT2D eigenvalue weighted by atomic mass is 9.85. The number of fused-ring (bicyclic) bond motifs is 1. The molecular weight excluding hydrogens is 250 g/mol. The Bertz CT molecular complexity index is 399. The van der Waals surface area contributed by atoms with Crippen molar-refractivity contribution in [2.24, 2.45) is 5.92 Å². The Kier molecular flexibility index (Phi) is 4.28. The molecule has 3 unspecified atom stereocenters. The molecule has 2 aliphatic rings. The number of hydrogen-bond donors (Lipinski definition) is 1. The van der Waals surface area contributed by atoms with E-state index in [2.05, 4.69) is 36.6 Å². The highest BCUT2D eigenvalue weighted by Gasteiger charge is 2.24. The minimum atomic E-state index is 0.543. The van der Waals surface area contributed by atoms with Crippen LogP contribution in [0, 0.1) is 5.92 Å². The predicted molar refractivity (Wildman–Crippen MR) is 83.9 cm³/mol. The molecule has 2 aliphatic carbocycles. The van der Waals surface area contributed by atoms with Gasteiger partial charge in [0.1, 0.15) is 0 Å². The third-order valence-electron chi connectivity index (χ3n) is 5.02. The number of nitrogens with one attached hydrogen (secondary N) is 1. The highest BCUT2D eigenvalue weighted by molar-refractivity contribution is 7.12. The zero-order valence-corrected chi connectivity index (χ0v) is 13.2. The van der Waals surface area contributed by atoms with Gasteiger partial charge >= 0.3 is 0 Å². The topological polar surface area (TPSA) is 12.0 Å². The summed E-state index contributed by atoms with van der Waals surface area (Å²) in [6.07, 6.45) is 11.1. The molecule has 0 bridgehead atoms. The minimum Gasteiger partial charge on any atom is -0.306 e. The molecule has 3 rings (SSSR count). The third-order valence-corrected chi connectivity index (χ3v) is 6.44. The molecule has 0 spiro atoms. The van der Waals surface area contributed by atoms with E-state index in [0.717, 1.165) is 12.0 Å². The van der Waals surface area contributed by atoms with Gasteiger partial charge in [0.2, 0.25) is 0 Å². The summed E-state index contributed by atoms with van der Waals surface area (Å²) in [6, 6.07) is 3.77. The lowest BCUT2D eigenvalue weighted by Crippen LogP contribution is -2.38. The van der Waals surface area contributed by atoms with E-state index in [1.54, 1.807) is 15.3 Å². The van der Waals surface area contributed by atoms with Gasteiger partial charge in [-0.1, -0.05) is 19.8 Å². The van der Waals surface area contributed by atoms with E-state index in [4.69, 9.17) is 0 Å². The van der Waals surface area contributed by atoms with Crippen LogP contribution in [0.25, 0.3) is 0 Å². The second-order valence-electron chi connectivity index (χ2n) is 6.56. The average Bonchev–Trinajstić information content (AvgIpc) is 2.85. The second kappa shape index (κ2) is 5.97. The molecule has 106 valence electrons. The first-order valence-electron chi connectivity index (χ1n) is 8.11. The molecular formula is C17H27NS. The van der Waals surface area contributed by atoms with Crippen LogP contribution in [0.4, 0.5) is 0 Å². The van der Waals surface area contributed by atoms with Crippen molar-refractivity contribution in [3.8, 4) is 0 Å². The van der Waals surface area contributed by atoms with Gasteiger partial charge in [-0.3, -0.25) is 0 Å². The maximum Gasteiger partial charge on any atom is 0.0388 e. The Morgan fingerprint density at radius 1 is 1.16 bits per heavy atom. The molecule has 1 heterocycles. The zero-order valence-electron chi connectivity index (χ0n) is 12.4. The van der Waals surface area contributed by atoms with Gasteiger partial charge in [-0.2, -0.15) is 0 Å². The summed E-state index contributed by atoms with van der Waals surface area (Å²) in [5.41, 5.74) is 1.65. The van der Waals surface area contributed by atoms with E-state index >= 15 is 0 Å². The monoisotopic (exact) mass is 277 g/mol. The van der Waals surface area contributed by atoms with Gasteiger partial charge in [0.25, 0.3) is 0 Å². The van der Waals surface area contributed by atoms with E-state index in [0.29, 0.717) is 6.04 Å². The van der Waals surface area contributed by atoms with Gasteiger partial charge in [-0.15, -0.1) is 11.3 Å². The molecule has 0 radical (unpaired) electrons. The summed E-state index contributed by atoms with van der Waals surface area (Å²) in [7, 11) is 0.